The molecular formula is C15H23N5. The summed E-state index contributed by atoms with van der Waals surface area (Å²) < 4.78 is 0. The zero-order chi connectivity index (χ0) is 13.9. The third-order valence-corrected chi connectivity index (χ3v) is 3.97. The molecule has 0 atom stereocenters. The zero-order valence-electron chi connectivity index (χ0n) is 12.3. The Hall–Kier alpha value is -1.91. The molecule has 2 heterocycles. The third-order valence-electron chi connectivity index (χ3n) is 3.97. The van der Waals surface area contributed by atoms with Gasteiger partial charge >= 0.3 is 0 Å². The fraction of sp³-hybridized carbons (Fsp3) is 0.533. The summed E-state index contributed by atoms with van der Waals surface area (Å²) in [6, 6.07) is 8.81. The van der Waals surface area contributed by atoms with E-state index in [1.165, 1.54) is 11.4 Å². The normalized spacial score (nSPS) is 18.8. The van der Waals surface area contributed by atoms with Crippen LogP contribution in [0.5, 0.6) is 0 Å². The van der Waals surface area contributed by atoms with Crippen molar-refractivity contribution in [1.82, 2.24) is 10.2 Å². The number of nitrogens with one attached hydrogen (secondary N) is 1. The standard InChI is InChI=1S/C15H23N5/c1-18(2)13-3-5-14(6-4-13)19-9-11-20(12-10-19)15-16-7-8-17-15/h3-6H,7-12H2,1-2H3,(H,16,17). The molecule has 0 saturated carbocycles. The van der Waals surface area contributed by atoms with E-state index in [2.05, 4.69) is 63.4 Å². The number of nitrogens with zero attached hydrogens (tertiary/aromatic N) is 4. The number of guanidine groups is 1. The van der Waals surface area contributed by atoms with Gasteiger partial charge < -0.3 is 20.0 Å². The van der Waals surface area contributed by atoms with Gasteiger partial charge in [0.25, 0.3) is 0 Å². The fourth-order valence-corrected chi connectivity index (χ4v) is 2.74. The molecule has 108 valence electrons. The minimum Gasteiger partial charge on any atom is -0.378 e. The van der Waals surface area contributed by atoms with E-state index in [1.807, 2.05) is 0 Å². The van der Waals surface area contributed by atoms with Gasteiger partial charge in [-0.1, -0.05) is 0 Å². The second-order valence-corrected chi connectivity index (χ2v) is 5.52. The van der Waals surface area contributed by atoms with Crippen LogP contribution in [0.15, 0.2) is 29.3 Å². The summed E-state index contributed by atoms with van der Waals surface area (Å²) >= 11 is 0. The number of hydrogen-bond acceptors (Lipinski definition) is 5. The molecule has 0 spiro atoms. The molecule has 2 aliphatic heterocycles. The van der Waals surface area contributed by atoms with Gasteiger partial charge in [0.1, 0.15) is 0 Å². The van der Waals surface area contributed by atoms with Crippen LogP contribution in [-0.2, 0) is 0 Å². The van der Waals surface area contributed by atoms with Crippen LogP contribution in [-0.4, -0.2) is 64.2 Å². The Bertz CT molecular complexity index is 472. The molecule has 0 bridgehead atoms. The lowest BCUT2D eigenvalue weighted by Crippen LogP contribution is -2.51. The van der Waals surface area contributed by atoms with Crippen molar-refractivity contribution in [3.05, 3.63) is 24.3 Å². The Balaban J connectivity index is 1.60. The number of piperazine rings is 1. The maximum atomic E-state index is 4.50. The Morgan fingerprint density at radius 3 is 2.20 bits per heavy atom. The van der Waals surface area contributed by atoms with Crippen LogP contribution < -0.4 is 15.1 Å². The number of aliphatic imine (C=N–C) groups is 1. The monoisotopic (exact) mass is 273 g/mol. The summed E-state index contributed by atoms with van der Waals surface area (Å²) in [5.74, 6) is 1.09. The Morgan fingerprint density at radius 2 is 1.65 bits per heavy atom. The molecule has 20 heavy (non-hydrogen) atoms. The van der Waals surface area contributed by atoms with Gasteiger partial charge in [-0.3, -0.25) is 4.99 Å². The Kier molecular flexibility index (Phi) is 3.67. The van der Waals surface area contributed by atoms with Crippen molar-refractivity contribution in [1.29, 1.82) is 0 Å². The number of hydrogen-bond donors (Lipinski definition) is 1. The maximum absolute atomic E-state index is 4.50. The molecule has 1 saturated heterocycles. The van der Waals surface area contributed by atoms with Crippen LogP contribution >= 0.6 is 0 Å². The first-order chi connectivity index (χ1) is 9.74. The molecule has 5 nitrogen and oxygen atoms in total. The van der Waals surface area contributed by atoms with E-state index in [0.29, 0.717) is 0 Å². The molecule has 1 aromatic rings. The van der Waals surface area contributed by atoms with Crippen LogP contribution in [0.1, 0.15) is 0 Å². The van der Waals surface area contributed by atoms with Crippen molar-refractivity contribution in [2.24, 2.45) is 4.99 Å². The Morgan fingerprint density at radius 1 is 1.00 bits per heavy atom. The van der Waals surface area contributed by atoms with E-state index in [4.69, 9.17) is 0 Å². The van der Waals surface area contributed by atoms with E-state index in [9.17, 15) is 0 Å². The number of anilines is 2. The van der Waals surface area contributed by atoms with Gasteiger partial charge in [-0.05, 0) is 24.3 Å². The lowest BCUT2D eigenvalue weighted by atomic mass is 10.2. The van der Waals surface area contributed by atoms with Gasteiger partial charge in [-0.2, -0.15) is 0 Å². The van der Waals surface area contributed by atoms with E-state index in [1.54, 1.807) is 0 Å². The van der Waals surface area contributed by atoms with E-state index in [0.717, 1.165) is 45.2 Å². The van der Waals surface area contributed by atoms with Crippen molar-refractivity contribution in [3.8, 4) is 0 Å². The lowest BCUT2D eigenvalue weighted by Gasteiger charge is -2.37. The molecule has 5 heteroatoms. The van der Waals surface area contributed by atoms with Gasteiger partial charge in [-0.15, -0.1) is 0 Å². The highest BCUT2D eigenvalue weighted by atomic mass is 15.4. The number of benzene rings is 1. The highest BCUT2D eigenvalue weighted by Gasteiger charge is 2.21. The smallest absolute Gasteiger partial charge is 0.194 e. The molecule has 2 aliphatic rings. The Labute approximate surface area is 120 Å². The molecule has 1 aromatic carbocycles. The first-order valence-electron chi connectivity index (χ1n) is 7.29. The van der Waals surface area contributed by atoms with Crippen LogP contribution in [0.25, 0.3) is 0 Å². The summed E-state index contributed by atoms with van der Waals surface area (Å²) in [5.41, 5.74) is 2.56. The van der Waals surface area contributed by atoms with Crippen LogP contribution in [0.4, 0.5) is 11.4 Å². The summed E-state index contributed by atoms with van der Waals surface area (Å²) in [5, 5.41) is 3.35. The molecule has 0 aromatic heterocycles. The van der Waals surface area contributed by atoms with Crippen molar-refractivity contribution in [3.63, 3.8) is 0 Å². The highest BCUT2D eigenvalue weighted by molar-refractivity contribution is 5.81. The van der Waals surface area contributed by atoms with E-state index < -0.39 is 0 Å². The maximum Gasteiger partial charge on any atom is 0.194 e. The van der Waals surface area contributed by atoms with Crippen molar-refractivity contribution in [2.75, 3.05) is 63.2 Å². The van der Waals surface area contributed by atoms with Crippen molar-refractivity contribution < 1.29 is 0 Å². The first kappa shape index (κ1) is 13.1. The molecule has 3 rings (SSSR count). The fourth-order valence-electron chi connectivity index (χ4n) is 2.74. The molecule has 0 radical (unpaired) electrons. The largest absolute Gasteiger partial charge is 0.378 e. The minimum atomic E-state index is 0.918. The predicted octanol–water partition coefficient (Wildman–Crippen LogP) is 0.834. The van der Waals surface area contributed by atoms with Crippen molar-refractivity contribution >= 4 is 17.3 Å². The predicted molar refractivity (Wildman–Crippen MR) is 84.9 cm³/mol. The quantitative estimate of drug-likeness (QED) is 0.865. The highest BCUT2D eigenvalue weighted by Crippen LogP contribution is 2.20. The molecular weight excluding hydrogens is 250 g/mol. The molecule has 0 unspecified atom stereocenters. The molecule has 1 fully saturated rings. The van der Waals surface area contributed by atoms with Crippen LogP contribution in [0, 0.1) is 0 Å². The lowest BCUT2D eigenvalue weighted by molar-refractivity contribution is 0.377. The second kappa shape index (κ2) is 5.61. The average molecular weight is 273 g/mol. The van der Waals surface area contributed by atoms with Gasteiger partial charge in [-0.25, -0.2) is 0 Å². The summed E-state index contributed by atoms with van der Waals surface area (Å²) in [6.07, 6.45) is 0. The van der Waals surface area contributed by atoms with E-state index in [-0.39, 0.29) is 0 Å². The minimum absolute atomic E-state index is 0.918. The van der Waals surface area contributed by atoms with Crippen LogP contribution in [0.3, 0.4) is 0 Å². The van der Waals surface area contributed by atoms with Crippen molar-refractivity contribution in [2.45, 2.75) is 0 Å². The van der Waals surface area contributed by atoms with E-state index >= 15 is 0 Å². The topological polar surface area (TPSA) is 34.1 Å². The second-order valence-electron chi connectivity index (χ2n) is 5.52. The van der Waals surface area contributed by atoms with Crippen LogP contribution in [0.2, 0.25) is 0 Å². The summed E-state index contributed by atoms with van der Waals surface area (Å²) in [4.78, 5) is 11.4. The zero-order valence-corrected chi connectivity index (χ0v) is 12.3. The molecule has 1 N–H and O–H groups in total. The van der Waals surface area contributed by atoms with Gasteiger partial charge in [0.15, 0.2) is 5.96 Å². The van der Waals surface area contributed by atoms with Gasteiger partial charge in [0.2, 0.25) is 0 Å². The summed E-state index contributed by atoms with van der Waals surface area (Å²) in [6.45, 7) is 6.11. The molecule has 0 amide bonds. The third kappa shape index (κ3) is 2.66. The average Bonchev–Trinajstić information content (AvgIpc) is 3.02. The molecule has 0 aliphatic carbocycles. The van der Waals surface area contributed by atoms with Gasteiger partial charge in [0, 0.05) is 58.2 Å². The summed E-state index contributed by atoms with van der Waals surface area (Å²) in [7, 11) is 4.15. The van der Waals surface area contributed by atoms with Gasteiger partial charge in [0.05, 0.1) is 6.54 Å². The SMILES string of the molecule is CN(C)c1ccc(N2CCN(C3=NCCN3)CC2)cc1. The number of rotatable bonds is 2. The first-order valence-corrected chi connectivity index (χ1v) is 7.29.